The smallest absolute Gasteiger partial charge is 0.0302 e. The highest BCUT2D eigenvalue weighted by atomic mass is 14.6. The molecule has 0 saturated heterocycles. The summed E-state index contributed by atoms with van der Waals surface area (Å²) in [6.07, 6.45) is 18.6. The first-order valence-electron chi connectivity index (χ1n) is 6.54. The molecule has 0 amide bonds. The Morgan fingerprint density at radius 3 is 2.47 bits per heavy atom. The lowest BCUT2D eigenvalue weighted by Gasteiger charge is -2.01. The molecule has 0 aliphatic carbocycles. The Labute approximate surface area is 105 Å². The number of aromatic nitrogens is 1. The molecule has 0 unspecified atom stereocenters. The number of aryl methyl sites for hydroxylation is 2. The lowest BCUT2D eigenvalue weighted by atomic mass is 10.1. The number of unbranched alkanes of at least 4 members (excludes halogenated alkanes) is 1. The van der Waals surface area contributed by atoms with Gasteiger partial charge in [0.25, 0.3) is 0 Å². The Hall–Kier alpha value is -1.37. The molecule has 0 aliphatic rings. The highest BCUT2D eigenvalue weighted by Gasteiger charge is 1.94. The van der Waals surface area contributed by atoms with Crippen LogP contribution in [0, 0.1) is 6.92 Å². The summed E-state index contributed by atoms with van der Waals surface area (Å²) in [6.45, 7) is 4.32. The monoisotopic (exact) mass is 229 g/mol. The lowest BCUT2D eigenvalue weighted by Crippen LogP contribution is -1.89. The molecule has 0 radical (unpaired) electrons. The molecule has 17 heavy (non-hydrogen) atoms. The van der Waals surface area contributed by atoms with E-state index >= 15 is 0 Å². The van der Waals surface area contributed by atoms with Crippen LogP contribution in [0.3, 0.4) is 0 Å². The van der Waals surface area contributed by atoms with Crippen LogP contribution in [0.1, 0.15) is 43.7 Å². The molecule has 0 spiro atoms. The van der Waals surface area contributed by atoms with Gasteiger partial charge in [0.2, 0.25) is 0 Å². The number of pyridine rings is 1. The summed E-state index contributed by atoms with van der Waals surface area (Å²) in [7, 11) is 0. The van der Waals surface area contributed by atoms with Crippen molar-refractivity contribution in [3.05, 3.63) is 53.9 Å². The summed E-state index contributed by atoms with van der Waals surface area (Å²) in [5.41, 5.74) is 2.71. The molecule has 1 rings (SSSR count). The van der Waals surface area contributed by atoms with Crippen molar-refractivity contribution in [1.82, 2.24) is 4.98 Å². The van der Waals surface area contributed by atoms with Crippen LogP contribution in [0.2, 0.25) is 0 Å². The quantitative estimate of drug-likeness (QED) is 0.491. The topological polar surface area (TPSA) is 12.9 Å². The highest BCUT2D eigenvalue weighted by Crippen LogP contribution is 2.08. The zero-order valence-corrected chi connectivity index (χ0v) is 11.0. The minimum absolute atomic E-state index is 1.10. The number of hydrogen-bond acceptors (Lipinski definition) is 1. The summed E-state index contributed by atoms with van der Waals surface area (Å²) >= 11 is 0. The molecule has 0 aliphatic heterocycles. The van der Waals surface area contributed by atoms with E-state index in [-0.39, 0.29) is 0 Å². The number of nitrogens with zero attached hydrogens (tertiary/aromatic N) is 1. The van der Waals surface area contributed by atoms with Crippen LogP contribution in [-0.2, 0) is 6.42 Å². The Morgan fingerprint density at radius 2 is 1.76 bits per heavy atom. The molecular weight excluding hydrogens is 206 g/mol. The van der Waals surface area contributed by atoms with Crippen molar-refractivity contribution in [3.63, 3.8) is 0 Å². The van der Waals surface area contributed by atoms with Crippen molar-refractivity contribution in [1.29, 1.82) is 0 Å². The third kappa shape index (κ3) is 6.06. The van der Waals surface area contributed by atoms with E-state index in [1.165, 1.54) is 11.1 Å². The minimum Gasteiger partial charge on any atom is -0.264 e. The summed E-state index contributed by atoms with van der Waals surface area (Å²) in [4.78, 5) is 4.16. The molecule has 0 atom stereocenters. The maximum Gasteiger partial charge on any atom is 0.0302 e. The largest absolute Gasteiger partial charge is 0.264 e. The molecule has 1 nitrogen and oxygen atoms in total. The fraction of sp³-hybridized carbons (Fsp3) is 0.438. The first kappa shape index (κ1) is 13.7. The van der Waals surface area contributed by atoms with E-state index in [4.69, 9.17) is 0 Å². The first-order valence-corrected chi connectivity index (χ1v) is 6.54. The molecule has 0 saturated carbocycles. The Kier molecular flexibility index (Phi) is 7.04. The molecule has 0 fully saturated rings. The summed E-state index contributed by atoms with van der Waals surface area (Å²) in [5, 5.41) is 0. The van der Waals surface area contributed by atoms with Gasteiger partial charge in [-0.3, -0.25) is 4.98 Å². The van der Waals surface area contributed by atoms with Gasteiger partial charge in [-0.15, -0.1) is 0 Å². The number of allylic oxidation sites excluding steroid dienone is 4. The maximum absolute atomic E-state index is 4.16. The van der Waals surface area contributed by atoms with Crippen LogP contribution in [0.15, 0.2) is 42.8 Å². The fourth-order valence-corrected chi connectivity index (χ4v) is 1.71. The average molecular weight is 229 g/mol. The molecule has 1 aromatic rings. The average Bonchev–Trinajstić information content (AvgIpc) is 2.35. The van der Waals surface area contributed by atoms with E-state index in [1.54, 1.807) is 0 Å². The van der Waals surface area contributed by atoms with Crippen LogP contribution >= 0.6 is 0 Å². The molecule has 0 N–H and O–H groups in total. The van der Waals surface area contributed by atoms with Gasteiger partial charge in [-0.2, -0.15) is 0 Å². The summed E-state index contributed by atoms with van der Waals surface area (Å²) in [5.74, 6) is 0. The van der Waals surface area contributed by atoms with Gasteiger partial charge >= 0.3 is 0 Å². The molecular formula is C16H23N. The molecule has 0 bridgehead atoms. The standard InChI is InChI=1S/C16H23N/c1-3-4-5-6-7-8-9-10-11-16-14-17-13-12-15(16)2/h4-5,8-9,12-14H,3,6-7,10-11H2,1-2H3/b5-4-,9-8-. The van der Waals surface area contributed by atoms with E-state index in [2.05, 4.69) is 49.2 Å². The molecule has 1 heteroatoms. The van der Waals surface area contributed by atoms with Crippen molar-refractivity contribution < 1.29 is 0 Å². The third-order valence-electron chi connectivity index (χ3n) is 2.80. The van der Waals surface area contributed by atoms with Gasteiger partial charge in [-0.05, 0) is 56.2 Å². The highest BCUT2D eigenvalue weighted by molar-refractivity contribution is 5.21. The SMILES string of the molecule is CC/C=C\CC/C=C\CCc1cnccc1C. The van der Waals surface area contributed by atoms with Crippen LogP contribution in [-0.4, -0.2) is 4.98 Å². The van der Waals surface area contributed by atoms with Gasteiger partial charge in [0.05, 0.1) is 0 Å². The third-order valence-corrected chi connectivity index (χ3v) is 2.80. The molecule has 1 aromatic heterocycles. The zero-order valence-electron chi connectivity index (χ0n) is 11.0. The fourth-order valence-electron chi connectivity index (χ4n) is 1.71. The van der Waals surface area contributed by atoms with Crippen molar-refractivity contribution >= 4 is 0 Å². The Balaban J connectivity index is 2.17. The second-order valence-corrected chi connectivity index (χ2v) is 4.27. The minimum atomic E-state index is 1.10. The van der Waals surface area contributed by atoms with Crippen LogP contribution in [0.5, 0.6) is 0 Å². The van der Waals surface area contributed by atoms with Crippen LogP contribution in [0.25, 0.3) is 0 Å². The normalized spacial score (nSPS) is 11.6. The van der Waals surface area contributed by atoms with E-state index in [0.29, 0.717) is 0 Å². The van der Waals surface area contributed by atoms with Gasteiger partial charge in [-0.1, -0.05) is 31.2 Å². The number of rotatable bonds is 7. The Morgan fingerprint density at radius 1 is 1.06 bits per heavy atom. The maximum atomic E-state index is 4.16. The first-order chi connectivity index (χ1) is 8.34. The second-order valence-electron chi connectivity index (χ2n) is 4.27. The van der Waals surface area contributed by atoms with Gasteiger partial charge in [0.1, 0.15) is 0 Å². The van der Waals surface area contributed by atoms with E-state index in [9.17, 15) is 0 Å². The van der Waals surface area contributed by atoms with Crippen molar-refractivity contribution in [2.45, 2.75) is 46.0 Å². The zero-order chi connectivity index (χ0) is 12.3. The van der Waals surface area contributed by atoms with Crippen molar-refractivity contribution in [2.75, 3.05) is 0 Å². The number of hydrogen-bond donors (Lipinski definition) is 0. The van der Waals surface area contributed by atoms with E-state index in [0.717, 1.165) is 32.1 Å². The molecule has 1 heterocycles. The van der Waals surface area contributed by atoms with E-state index < -0.39 is 0 Å². The van der Waals surface area contributed by atoms with Gasteiger partial charge < -0.3 is 0 Å². The van der Waals surface area contributed by atoms with Crippen molar-refractivity contribution in [2.24, 2.45) is 0 Å². The van der Waals surface area contributed by atoms with E-state index in [1.807, 2.05) is 12.4 Å². The van der Waals surface area contributed by atoms with Gasteiger partial charge in [0.15, 0.2) is 0 Å². The van der Waals surface area contributed by atoms with Gasteiger partial charge in [-0.25, -0.2) is 0 Å². The van der Waals surface area contributed by atoms with Gasteiger partial charge in [0, 0.05) is 12.4 Å². The van der Waals surface area contributed by atoms with Crippen molar-refractivity contribution in [3.8, 4) is 0 Å². The summed E-state index contributed by atoms with van der Waals surface area (Å²) < 4.78 is 0. The van der Waals surface area contributed by atoms with Crippen LogP contribution < -0.4 is 0 Å². The lowest BCUT2D eigenvalue weighted by molar-refractivity contribution is 0.954. The molecule has 0 aromatic carbocycles. The Bertz CT molecular complexity index is 364. The second kappa shape index (κ2) is 8.74. The summed E-state index contributed by atoms with van der Waals surface area (Å²) in [6, 6.07) is 2.08. The van der Waals surface area contributed by atoms with Crippen LogP contribution in [0.4, 0.5) is 0 Å². The predicted octanol–water partition coefficient (Wildman–Crippen LogP) is 4.63. The molecule has 92 valence electrons. The predicted molar refractivity (Wildman–Crippen MR) is 75.1 cm³/mol.